The van der Waals surface area contributed by atoms with Gasteiger partial charge in [-0.25, -0.2) is 0 Å². The first-order chi connectivity index (χ1) is 24.1. The molecule has 0 heterocycles. The molecule has 0 saturated carbocycles. The highest BCUT2D eigenvalue weighted by Gasteiger charge is 2.17. The fraction of sp³-hybridized carbons (Fsp3) is 0. The molecular formula is C44H30I2N2O. The van der Waals surface area contributed by atoms with Crippen molar-refractivity contribution in [3.63, 3.8) is 0 Å². The molecule has 3 nitrogen and oxygen atoms in total. The fourth-order valence-electron chi connectivity index (χ4n) is 6.35. The Labute approximate surface area is 313 Å². The molecule has 0 amide bonds. The number of fused-ring (bicyclic) bond motifs is 2. The number of benzene rings is 8. The Kier molecular flexibility index (Phi) is 8.93. The second-order valence-corrected chi connectivity index (χ2v) is 14.2. The average molecular weight is 857 g/mol. The molecule has 0 aromatic heterocycles. The molecule has 0 unspecified atom stereocenters. The van der Waals surface area contributed by atoms with E-state index in [-0.39, 0.29) is 0 Å². The van der Waals surface area contributed by atoms with Crippen molar-refractivity contribution in [2.75, 3.05) is 9.80 Å². The van der Waals surface area contributed by atoms with Gasteiger partial charge in [-0.3, -0.25) is 0 Å². The van der Waals surface area contributed by atoms with Crippen molar-refractivity contribution in [2.45, 2.75) is 0 Å². The van der Waals surface area contributed by atoms with Crippen LogP contribution in [-0.4, -0.2) is 0 Å². The third-order valence-corrected chi connectivity index (χ3v) is 9.92. The number of hydrogen-bond acceptors (Lipinski definition) is 3. The van der Waals surface area contributed by atoms with Crippen LogP contribution in [0.25, 0.3) is 21.5 Å². The Morgan fingerprint density at radius 3 is 1.16 bits per heavy atom. The molecule has 236 valence electrons. The first-order valence-corrected chi connectivity index (χ1v) is 18.2. The molecule has 0 aliphatic carbocycles. The van der Waals surface area contributed by atoms with Crippen molar-refractivity contribution in [3.05, 3.63) is 189 Å². The Bertz CT molecular complexity index is 2230. The van der Waals surface area contributed by atoms with Crippen molar-refractivity contribution in [2.24, 2.45) is 0 Å². The molecule has 0 aliphatic heterocycles. The molecule has 0 saturated heterocycles. The van der Waals surface area contributed by atoms with E-state index >= 15 is 0 Å². The van der Waals surface area contributed by atoms with Gasteiger partial charge in [0, 0.05) is 40.7 Å². The fourth-order valence-corrected chi connectivity index (χ4v) is 7.41. The van der Waals surface area contributed by atoms with E-state index < -0.39 is 0 Å². The predicted octanol–water partition coefficient (Wildman–Crippen LogP) is 13.9. The summed E-state index contributed by atoms with van der Waals surface area (Å²) in [6, 6.07) is 63.9. The Hall–Kier alpha value is -4.86. The largest absolute Gasteiger partial charge is 0.457 e. The van der Waals surface area contributed by atoms with Crippen LogP contribution < -0.4 is 14.5 Å². The van der Waals surface area contributed by atoms with E-state index in [0.29, 0.717) is 0 Å². The second-order valence-electron chi connectivity index (χ2n) is 11.7. The number of halogens is 2. The molecule has 49 heavy (non-hydrogen) atoms. The van der Waals surface area contributed by atoms with E-state index in [4.69, 9.17) is 4.74 Å². The molecule has 0 N–H and O–H groups in total. The lowest BCUT2D eigenvalue weighted by atomic mass is 10.1. The molecule has 8 aromatic carbocycles. The van der Waals surface area contributed by atoms with Gasteiger partial charge in [0.25, 0.3) is 0 Å². The number of rotatable bonds is 8. The van der Waals surface area contributed by atoms with Crippen LogP contribution in [0.5, 0.6) is 11.5 Å². The lowest BCUT2D eigenvalue weighted by molar-refractivity contribution is 0.483. The molecule has 8 rings (SSSR count). The number of ether oxygens (including phenoxy) is 1. The summed E-state index contributed by atoms with van der Waals surface area (Å²) in [5.74, 6) is 1.56. The van der Waals surface area contributed by atoms with Crippen molar-refractivity contribution in [1.29, 1.82) is 0 Å². The van der Waals surface area contributed by atoms with E-state index in [2.05, 4.69) is 213 Å². The van der Waals surface area contributed by atoms with Gasteiger partial charge in [-0.05, 0) is 153 Å². The Morgan fingerprint density at radius 1 is 0.347 bits per heavy atom. The van der Waals surface area contributed by atoms with E-state index in [1.54, 1.807) is 0 Å². The summed E-state index contributed by atoms with van der Waals surface area (Å²) >= 11 is 4.76. The molecule has 8 aromatic rings. The minimum absolute atomic E-state index is 0.778. The Morgan fingerprint density at radius 2 is 0.735 bits per heavy atom. The number of nitrogens with zero attached hydrogens (tertiary/aromatic N) is 2. The predicted molar refractivity (Wildman–Crippen MR) is 223 cm³/mol. The summed E-state index contributed by atoms with van der Waals surface area (Å²) in [4.78, 5) is 4.63. The van der Waals surface area contributed by atoms with Crippen LogP contribution in [-0.2, 0) is 0 Å². The molecule has 0 bridgehead atoms. The van der Waals surface area contributed by atoms with E-state index in [0.717, 1.165) is 45.6 Å². The third-order valence-electron chi connectivity index (χ3n) is 8.57. The van der Waals surface area contributed by atoms with Gasteiger partial charge in [-0.2, -0.15) is 0 Å². The van der Waals surface area contributed by atoms with Crippen LogP contribution >= 0.6 is 45.2 Å². The van der Waals surface area contributed by atoms with Crippen LogP contribution in [0.2, 0.25) is 0 Å². The monoisotopic (exact) mass is 856 g/mol. The van der Waals surface area contributed by atoms with Crippen molar-refractivity contribution >= 4 is 101 Å². The van der Waals surface area contributed by atoms with Crippen LogP contribution in [0.15, 0.2) is 182 Å². The summed E-state index contributed by atoms with van der Waals surface area (Å²) in [6.45, 7) is 0. The quantitative estimate of drug-likeness (QED) is 0.142. The lowest BCUT2D eigenvalue weighted by Gasteiger charge is -2.27. The summed E-state index contributed by atoms with van der Waals surface area (Å²) < 4.78 is 8.78. The molecular weight excluding hydrogens is 826 g/mol. The molecule has 5 heteroatoms. The van der Waals surface area contributed by atoms with Gasteiger partial charge in [0.1, 0.15) is 11.5 Å². The minimum atomic E-state index is 0.778. The zero-order valence-corrected chi connectivity index (χ0v) is 30.7. The maximum absolute atomic E-state index is 6.41. The summed E-state index contributed by atoms with van der Waals surface area (Å²) in [6.07, 6.45) is 0. The smallest absolute Gasteiger partial charge is 0.127 e. The van der Waals surface area contributed by atoms with E-state index in [1.807, 2.05) is 24.3 Å². The first kappa shape index (κ1) is 31.4. The summed E-state index contributed by atoms with van der Waals surface area (Å²) in [7, 11) is 0. The van der Waals surface area contributed by atoms with Gasteiger partial charge in [-0.1, -0.05) is 84.9 Å². The van der Waals surface area contributed by atoms with Gasteiger partial charge in [0.2, 0.25) is 0 Å². The number of anilines is 6. The lowest BCUT2D eigenvalue weighted by Crippen LogP contribution is -2.10. The van der Waals surface area contributed by atoms with E-state index in [1.165, 1.54) is 28.7 Å². The van der Waals surface area contributed by atoms with Crippen molar-refractivity contribution < 1.29 is 4.74 Å². The maximum atomic E-state index is 6.41. The first-order valence-electron chi connectivity index (χ1n) is 16.1. The molecule has 0 radical (unpaired) electrons. The molecule has 0 fully saturated rings. The van der Waals surface area contributed by atoms with Crippen LogP contribution in [0.1, 0.15) is 0 Å². The van der Waals surface area contributed by atoms with Gasteiger partial charge in [0.05, 0.1) is 11.4 Å². The maximum Gasteiger partial charge on any atom is 0.127 e. The van der Waals surface area contributed by atoms with Gasteiger partial charge in [0.15, 0.2) is 0 Å². The highest BCUT2D eigenvalue weighted by molar-refractivity contribution is 14.1. The summed E-state index contributed by atoms with van der Waals surface area (Å²) in [5.41, 5.74) is 6.60. The van der Waals surface area contributed by atoms with Gasteiger partial charge >= 0.3 is 0 Å². The molecule has 0 spiro atoms. The second kappa shape index (κ2) is 13.9. The normalized spacial score (nSPS) is 11.1. The summed E-state index contributed by atoms with van der Waals surface area (Å²) in [5, 5.41) is 4.82. The van der Waals surface area contributed by atoms with Gasteiger partial charge < -0.3 is 14.5 Å². The third kappa shape index (κ3) is 6.60. The highest BCUT2D eigenvalue weighted by Crippen LogP contribution is 2.42. The molecule has 0 aliphatic rings. The number of hydrogen-bond donors (Lipinski definition) is 0. The Balaban J connectivity index is 1.11. The minimum Gasteiger partial charge on any atom is -0.457 e. The van der Waals surface area contributed by atoms with Crippen molar-refractivity contribution in [3.8, 4) is 11.5 Å². The van der Waals surface area contributed by atoms with E-state index in [9.17, 15) is 0 Å². The van der Waals surface area contributed by atoms with Crippen LogP contribution in [0.3, 0.4) is 0 Å². The van der Waals surface area contributed by atoms with Gasteiger partial charge in [-0.15, -0.1) is 0 Å². The SMILES string of the molecule is Ic1cccc(N(c2ccc(Oc3ccc(N(c4cccc(I)c4)c4cccc5ccccc45)cc3)cc2)c2cccc3ccccc23)c1. The zero-order valence-electron chi connectivity index (χ0n) is 26.4. The standard InChI is InChI=1S/C44H30I2N2O/c45-33-13-7-15-37(29-33)47(43-19-5-11-31-9-1-3-17-41(31)43)35-21-25-39(26-22-35)49-40-27-23-36(24-28-40)48(38-16-8-14-34(46)30-38)44-20-6-12-32-10-2-4-18-42(32)44/h1-30H. The van der Waals surface area contributed by atoms with Crippen LogP contribution in [0.4, 0.5) is 34.1 Å². The topological polar surface area (TPSA) is 15.7 Å². The zero-order chi connectivity index (χ0) is 33.2. The van der Waals surface area contributed by atoms with Crippen molar-refractivity contribution in [1.82, 2.24) is 0 Å². The molecule has 0 atom stereocenters. The van der Waals surface area contributed by atoms with Crippen LogP contribution in [0, 0.1) is 7.14 Å². The average Bonchev–Trinajstić information content (AvgIpc) is 3.14. The highest BCUT2D eigenvalue weighted by atomic mass is 127.